The molecule has 0 aliphatic carbocycles. The predicted molar refractivity (Wildman–Crippen MR) is 109 cm³/mol. The smallest absolute Gasteiger partial charge is 0.153 e. The Hall–Kier alpha value is -1.69. The van der Waals surface area contributed by atoms with E-state index in [1.807, 2.05) is 6.07 Å². The van der Waals surface area contributed by atoms with Crippen molar-refractivity contribution in [1.29, 1.82) is 0 Å². The minimum atomic E-state index is -2.98. The fourth-order valence-corrected chi connectivity index (χ4v) is 6.65. The lowest BCUT2D eigenvalue weighted by molar-refractivity contribution is 0.0353. The molecule has 0 saturated carbocycles. The van der Waals surface area contributed by atoms with Crippen LogP contribution in [0.15, 0.2) is 48.5 Å². The molecule has 0 N–H and O–H groups in total. The molecule has 2 aliphatic rings. The highest BCUT2D eigenvalue weighted by Gasteiger charge is 2.46. The summed E-state index contributed by atoms with van der Waals surface area (Å²) >= 11 is 0. The maximum absolute atomic E-state index is 12.5. The predicted octanol–water partition coefficient (Wildman–Crippen LogP) is 2.79. The summed E-state index contributed by atoms with van der Waals surface area (Å²) in [6.45, 7) is 7.80. The quantitative estimate of drug-likeness (QED) is 0.813. The number of fused-ring (bicyclic) bond motifs is 1. The largest absolute Gasteiger partial charge is 0.292 e. The van der Waals surface area contributed by atoms with Crippen LogP contribution in [0.25, 0.3) is 0 Å². The van der Waals surface area contributed by atoms with Crippen molar-refractivity contribution in [1.82, 2.24) is 9.80 Å². The van der Waals surface area contributed by atoms with E-state index in [4.69, 9.17) is 0 Å². The molecule has 27 heavy (non-hydrogen) atoms. The van der Waals surface area contributed by atoms with Crippen LogP contribution in [0.1, 0.15) is 22.3 Å². The van der Waals surface area contributed by atoms with Gasteiger partial charge < -0.3 is 0 Å². The van der Waals surface area contributed by atoms with Crippen molar-refractivity contribution in [3.63, 3.8) is 0 Å². The van der Waals surface area contributed by atoms with Crippen molar-refractivity contribution in [3.05, 3.63) is 70.8 Å². The lowest BCUT2D eigenvalue weighted by Crippen LogP contribution is -2.58. The second kappa shape index (κ2) is 7.38. The zero-order valence-corrected chi connectivity index (χ0v) is 17.0. The zero-order chi connectivity index (χ0) is 19.0. The van der Waals surface area contributed by atoms with Gasteiger partial charge in [0.1, 0.15) is 0 Å². The highest BCUT2D eigenvalue weighted by Crippen LogP contribution is 2.30. The maximum atomic E-state index is 12.5. The number of hydrogen-bond acceptors (Lipinski definition) is 4. The third kappa shape index (κ3) is 3.96. The number of aryl methyl sites for hydroxylation is 2. The van der Waals surface area contributed by atoms with Crippen LogP contribution in [0.3, 0.4) is 0 Å². The van der Waals surface area contributed by atoms with Crippen molar-refractivity contribution in [3.8, 4) is 0 Å². The Labute approximate surface area is 162 Å². The summed E-state index contributed by atoms with van der Waals surface area (Å²) in [5, 5.41) is 0. The van der Waals surface area contributed by atoms with Crippen LogP contribution >= 0.6 is 0 Å². The molecule has 5 heteroatoms. The van der Waals surface area contributed by atoms with Gasteiger partial charge in [0.15, 0.2) is 9.84 Å². The molecule has 4 rings (SSSR count). The van der Waals surface area contributed by atoms with Crippen molar-refractivity contribution in [2.24, 2.45) is 0 Å². The Kier molecular flexibility index (Phi) is 5.10. The fraction of sp³-hybridized carbons (Fsp3) is 0.455. The first-order valence-electron chi connectivity index (χ1n) is 9.70. The Morgan fingerprint density at radius 2 is 1.37 bits per heavy atom. The van der Waals surface area contributed by atoms with E-state index < -0.39 is 9.84 Å². The Balaban J connectivity index is 1.57. The SMILES string of the molecule is Cc1cccc(C)c1CN1CCN(Cc2ccccc2)[C@@H]2CS(=O)(=O)C[C@@H]21. The molecule has 2 aliphatic heterocycles. The average Bonchev–Trinajstić information content (AvgIpc) is 2.96. The van der Waals surface area contributed by atoms with Crippen molar-refractivity contribution in [2.75, 3.05) is 24.6 Å². The minimum Gasteiger partial charge on any atom is -0.292 e. The lowest BCUT2D eigenvalue weighted by Gasteiger charge is -2.44. The van der Waals surface area contributed by atoms with E-state index >= 15 is 0 Å². The minimum absolute atomic E-state index is 0.0893. The molecule has 2 fully saturated rings. The van der Waals surface area contributed by atoms with Gasteiger partial charge in [-0.05, 0) is 36.1 Å². The molecule has 0 spiro atoms. The summed E-state index contributed by atoms with van der Waals surface area (Å²) in [5.74, 6) is 0.571. The highest BCUT2D eigenvalue weighted by atomic mass is 32.2. The normalized spacial score (nSPS) is 25.4. The van der Waals surface area contributed by atoms with Gasteiger partial charge in [-0.1, -0.05) is 48.5 Å². The van der Waals surface area contributed by atoms with Crippen LogP contribution in [-0.4, -0.2) is 54.9 Å². The summed E-state index contributed by atoms with van der Waals surface area (Å²) in [4.78, 5) is 4.79. The molecule has 0 aromatic heterocycles. The summed E-state index contributed by atoms with van der Waals surface area (Å²) in [6.07, 6.45) is 0. The third-order valence-electron chi connectivity index (χ3n) is 6.14. The molecular formula is C22H28N2O2S. The zero-order valence-electron chi connectivity index (χ0n) is 16.1. The fourth-order valence-electron chi connectivity index (χ4n) is 4.61. The first-order valence-corrected chi connectivity index (χ1v) is 11.5. The topological polar surface area (TPSA) is 40.6 Å². The molecule has 2 saturated heterocycles. The number of piperazine rings is 1. The monoisotopic (exact) mass is 384 g/mol. The van der Waals surface area contributed by atoms with E-state index in [1.165, 1.54) is 22.3 Å². The summed E-state index contributed by atoms with van der Waals surface area (Å²) in [7, 11) is -2.98. The van der Waals surface area contributed by atoms with Crippen LogP contribution in [-0.2, 0) is 22.9 Å². The molecule has 144 valence electrons. The Bertz CT molecular complexity index is 891. The molecule has 0 bridgehead atoms. The van der Waals surface area contributed by atoms with E-state index in [1.54, 1.807) is 0 Å². The van der Waals surface area contributed by atoms with Crippen LogP contribution < -0.4 is 0 Å². The average molecular weight is 385 g/mol. The van der Waals surface area contributed by atoms with Gasteiger partial charge in [-0.25, -0.2) is 8.42 Å². The molecule has 2 atom stereocenters. The molecule has 0 unspecified atom stereocenters. The van der Waals surface area contributed by atoms with E-state index in [0.717, 1.165) is 26.2 Å². The number of benzene rings is 2. The van der Waals surface area contributed by atoms with E-state index in [0.29, 0.717) is 0 Å². The van der Waals surface area contributed by atoms with E-state index in [-0.39, 0.29) is 23.6 Å². The summed E-state index contributed by atoms with van der Waals surface area (Å²) in [5.41, 5.74) is 5.18. The number of sulfone groups is 1. The van der Waals surface area contributed by atoms with Gasteiger partial charge in [0.2, 0.25) is 0 Å². The number of hydrogen-bond donors (Lipinski definition) is 0. The molecule has 4 nitrogen and oxygen atoms in total. The number of rotatable bonds is 4. The molecule has 2 heterocycles. The van der Waals surface area contributed by atoms with Gasteiger partial charge in [-0.15, -0.1) is 0 Å². The van der Waals surface area contributed by atoms with Gasteiger partial charge >= 0.3 is 0 Å². The standard InChI is InChI=1S/C22H28N2O2S/c1-17-7-6-8-18(2)20(17)14-24-12-11-23(13-19-9-4-3-5-10-19)21-15-27(25,26)16-22(21)24/h3-10,21-22H,11-16H2,1-2H3/t21-,22+/m1/s1. The summed E-state index contributed by atoms with van der Waals surface area (Å²) < 4.78 is 24.9. The van der Waals surface area contributed by atoms with Gasteiger partial charge in [0.05, 0.1) is 11.5 Å². The van der Waals surface area contributed by atoms with Gasteiger partial charge in [-0.3, -0.25) is 9.80 Å². The Morgan fingerprint density at radius 1 is 0.815 bits per heavy atom. The van der Waals surface area contributed by atoms with Crippen LogP contribution in [0.4, 0.5) is 0 Å². The highest BCUT2D eigenvalue weighted by molar-refractivity contribution is 7.91. The number of nitrogens with zero attached hydrogens (tertiary/aromatic N) is 2. The lowest BCUT2D eigenvalue weighted by atomic mass is 9.98. The Morgan fingerprint density at radius 3 is 1.96 bits per heavy atom. The summed E-state index contributed by atoms with van der Waals surface area (Å²) in [6, 6.07) is 16.9. The van der Waals surface area contributed by atoms with Crippen molar-refractivity contribution in [2.45, 2.75) is 39.0 Å². The molecular weight excluding hydrogens is 356 g/mol. The second-order valence-electron chi connectivity index (χ2n) is 8.01. The van der Waals surface area contributed by atoms with Crippen LogP contribution in [0, 0.1) is 13.8 Å². The van der Waals surface area contributed by atoms with E-state index in [9.17, 15) is 8.42 Å². The van der Waals surface area contributed by atoms with Gasteiger partial charge in [0.25, 0.3) is 0 Å². The van der Waals surface area contributed by atoms with Crippen LogP contribution in [0.5, 0.6) is 0 Å². The van der Waals surface area contributed by atoms with Crippen molar-refractivity contribution < 1.29 is 8.42 Å². The maximum Gasteiger partial charge on any atom is 0.153 e. The first kappa shape index (κ1) is 18.7. The molecule has 2 aromatic rings. The first-order chi connectivity index (χ1) is 12.9. The molecule has 0 radical (unpaired) electrons. The van der Waals surface area contributed by atoms with Gasteiger partial charge in [0, 0.05) is 38.3 Å². The van der Waals surface area contributed by atoms with Crippen molar-refractivity contribution >= 4 is 9.84 Å². The van der Waals surface area contributed by atoms with Crippen LogP contribution in [0.2, 0.25) is 0 Å². The third-order valence-corrected chi connectivity index (χ3v) is 7.84. The van der Waals surface area contributed by atoms with E-state index in [2.05, 4.69) is 66.1 Å². The molecule has 2 aromatic carbocycles. The second-order valence-corrected chi connectivity index (χ2v) is 10.2. The molecule has 0 amide bonds. The van der Waals surface area contributed by atoms with Gasteiger partial charge in [-0.2, -0.15) is 0 Å².